The molecule has 1 aliphatic rings. The van der Waals surface area contributed by atoms with Gasteiger partial charge in [-0.2, -0.15) is 0 Å². The summed E-state index contributed by atoms with van der Waals surface area (Å²) in [5.41, 5.74) is 4.43. The van der Waals surface area contributed by atoms with Gasteiger partial charge in [-0.15, -0.1) is 6.42 Å². The van der Waals surface area contributed by atoms with Crippen LogP contribution in [0.1, 0.15) is 30.1 Å². The van der Waals surface area contributed by atoms with Crippen molar-refractivity contribution in [1.82, 2.24) is 19.1 Å². The van der Waals surface area contributed by atoms with Crippen molar-refractivity contribution in [3.8, 4) is 18.2 Å². The third kappa shape index (κ3) is 3.50. The molecule has 0 spiro atoms. The Hall–Kier alpha value is -4.04. The lowest BCUT2D eigenvalue weighted by Crippen LogP contribution is -2.45. The van der Waals surface area contributed by atoms with Crippen molar-refractivity contribution in [2.45, 2.75) is 32.2 Å². The highest BCUT2D eigenvalue weighted by Crippen LogP contribution is 2.38. The molecule has 1 fully saturated rings. The molecule has 9 nitrogen and oxygen atoms in total. The summed E-state index contributed by atoms with van der Waals surface area (Å²) in [5.74, 6) is 6.35. The lowest BCUT2D eigenvalue weighted by molar-refractivity contribution is 0.509. The Morgan fingerprint density at radius 2 is 1.94 bits per heavy atom. The number of halogens is 2. The van der Waals surface area contributed by atoms with E-state index in [1.165, 1.54) is 13.1 Å². The van der Waals surface area contributed by atoms with E-state index in [0.717, 1.165) is 39.1 Å². The minimum atomic E-state index is -1.21. The number of benzene rings is 1. The smallest absolute Gasteiger partial charge is 0.338 e. The Bertz CT molecular complexity index is 1390. The number of nitrogens with two attached hydrogens (primary N) is 2. The molecule has 3 aromatic rings. The maximum Gasteiger partial charge on any atom is 0.338 e. The number of hydrogen-bond acceptors (Lipinski definition) is 7. The van der Waals surface area contributed by atoms with Crippen LogP contribution >= 0.6 is 0 Å². The van der Waals surface area contributed by atoms with Crippen molar-refractivity contribution in [1.29, 1.82) is 0 Å². The minimum Gasteiger partial charge on any atom is -0.397 e. The zero-order valence-corrected chi connectivity index (χ0v) is 17.0. The summed E-state index contributed by atoms with van der Waals surface area (Å²) in [6.07, 6.45) is 10.2. The number of rotatable bonds is 5. The highest BCUT2D eigenvalue weighted by atomic mass is 19.2. The average Bonchev–Trinajstić information content (AvgIpc) is 3.59. The molecular formula is C21H19F2N7O2. The Morgan fingerprint density at radius 1 is 1.25 bits per heavy atom. The molecule has 1 saturated carbocycles. The first-order valence-corrected chi connectivity index (χ1v) is 9.66. The predicted octanol–water partition coefficient (Wildman–Crippen LogP) is 1.48. The average molecular weight is 439 g/mol. The SMILES string of the molecule is C#CCn1c(C)c(N(N)c2cc(F)c(F)cc2N)c(=O)n(-c2cncc(C3CC3)n2)c1=O. The first kappa shape index (κ1) is 21.2. The normalized spacial score (nSPS) is 13.1. The first-order chi connectivity index (χ1) is 15.2. The number of terminal acetylenes is 1. The molecule has 0 unspecified atom stereocenters. The second-order valence-corrected chi connectivity index (χ2v) is 7.42. The number of anilines is 3. The van der Waals surface area contributed by atoms with E-state index in [9.17, 15) is 18.4 Å². The van der Waals surface area contributed by atoms with Gasteiger partial charge < -0.3 is 5.73 Å². The Balaban J connectivity index is 1.99. The molecule has 4 N–H and O–H groups in total. The maximum atomic E-state index is 13.9. The summed E-state index contributed by atoms with van der Waals surface area (Å²) in [6, 6.07) is 1.51. The molecule has 0 bridgehead atoms. The topological polar surface area (TPSA) is 125 Å². The van der Waals surface area contributed by atoms with Gasteiger partial charge in [-0.1, -0.05) is 5.92 Å². The van der Waals surface area contributed by atoms with Gasteiger partial charge in [0.25, 0.3) is 5.56 Å². The van der Waals surface area contributed by atoms with E-state index in [0.29, 0.717) is 5.69 Å². The Kier molecular flexibility index (Phi) is 5.23. The third-order valence-corrected chi connectivity index (χ3v) is 5.26. The summed E-state index contributed by atoms with van der Waals surface area (Å²) >= 11 is 0. The van der Waals surface area contributed by atoms with Crippen LogP contribution in [0.2, 0.25) is 0 Å². The molecule has 164 valence electrons. The number of hydrazine groups is 1. The monoisotopic (exact) mass is 439 g/mol. The standard InChI is InChI=1S/C21H19F2N7O2/c1-3-6-28-11(2)19(30(25)17-8-14(23)13(22)7-15(17)24)20(31)29(21(28)32)18-10-26-9-16(27-18)12-4-5-12/h1,7-10,12H,4-6,24-25H2,2H3. The lowest BCUT2D eigenvalue weighted by Gasteiger charge is -2.24. The Labute approximate surface area is 180 Å². The van der Waals surface area contributed by atoms with Gasteiger partial charge in [-0.05, 0) is 19.8 Å². The van der Waals surface area contributed by atoms with Crippen LogP contribution in [0.5, 0.6) is 0 Å². The fourth-order valence-corrected chi connectivity index (χ4v) is 3.43. The highest BCUT2D eigenvalue weighted by molar-refractivity contribution is 5.74. The van der Waals surface area contributed by atoms with Crippen LogP contribution in [-0.2, 0) is 6.54 Å². The molecule has 32 heavy (non-hydrogen) atoms. The molecule has 0 saturated heterocycles. The Morgan fingerprint density at radius 3 is 2.59 bits per heavy atom. The quantitative estimate of drug-likeness (QED) is 0.267. The van der Waals surface area contributed by atoms with Crippen molar-refractivity contribution in [3.05, 3.63) is 68.4 Å². The molecule has 0 radical (unpaired) electrons. The van der Waals surface area contributed by atoms with Crippen LogP contribution in [0.3, 0.4) is 0 Å². The van der Waals surface area contributed by atoms with Crippen LogP contribution in [0, 0.1) is 30.9 Å². The zero-order chi connectivity index (χ0) is 23.2. The largest absolute Gasteiger partial charge is 0.397 e. The molecule has 1 aliphatic carbocycles. The van der Waals surface area contributed by atoms with Crippen LogP contribution in [0.4, 0.5) is 25.8 Å². The number of nitrogen functional groups attached to an aromatic ring is 1. The van der Waals surface area contributed by atoms with Gasteiger partial charge in [0.05, 0.1) is 35.5 Å². The summed E-state index contributed by atoms with van der Waals surface area (Å²) in [5, 5.41) is 0.802. The zero-order valence-electron chi connectivity index (χ0n) is 17.0. The van der Waals surface area contributed by atoms with Gasteiger partial charge in [0.2, 0.25) is 0 Å². The minimum absolute atomic E-state index is 0.00285. The van der Waals surface area contributed by atoms with Crippen LogP contribution < -0.4 is 27.8 Å². The molecule has 2 heterocycles. The van der Waals surface area contributed by atoms with E-state index >= 15 is 0 Å². The molecule has 0 amide bonds. The van der Waals surface area contributed by atoms with Gasteiger partial charge in [0.1, 0.15) is 5.69 Å². The summed E-state index contributed by atoms with van der Waals surface area (Å²) in [7, 11) is 0. The van der Waals surface area contributed by atoms with E-state index in [-0.39, 0.29) is 41.0 Å². The molecule has 2 aromatic heterocycles. The molecular weight excluding hydrogens is 420 g/mol. The molecule has 4 rings (SSSR count). The summed E-state index contributed by atoms with van der Waals surface area (Å²) in [6.45, 7) is 1.29. The van der Waals surface area contributed by atoms with Crippen LogP contribution in [-0.4, -0.2) is 19.1 Å². The van der Waals surface area contributed by atoms with Crippen molar-refractivity contribution < 1.29 is 8.78 Å². The third-order valence-electron chi connectivity index (χ3n) is 5.26. The van der Waals surface area contributed by atoms with Gasteiger partial charge in [-0.25, -0.2) is 29.0 Å². The van der Waals surface area contributed by atoms with E-state index < -0.39 is 22.9 Å². The number of nitrogens with zero attached hydrogens (tertiary/aromatic N) is 5. The van der Waals surface area contributed by atoms with E-state index in [1.54, 1.807) is 6.20 Å². The number of hydrogen-bond donors (Lipinski definition) is 2. The van der Waals surface area contributed by atoms with E-state index in [2.05, 4.69) is 15.9 Å². The van der Waals surface area contributed by atoms with Crippen LogP contribution in [0.25, 0.3) is 5.82 Å². The first-order valence-electron chi connectivity index (χ1n) is 9.66. The summed E-state index contributed by atoms with van der Waals surface area (Å²) in [4.78, 5) is 35.1. The van der Waals surface area contributed by atoms with Gasteiger partial charge in [0.15, 0.2) is 17.5 Å². The fraction of sp³-hybridized carbons (Fsp3) is 0.238. The van der Waals surface area contributed by atoms with Gasteiger partial charge in [-0.3, -0.25) is 19.4 Å². The number of aromatic nitrogens is 4. The second kappa shape index (κ2) is 7.90. The second-order valence-electron chi connectivity index (χ2n) is 7.42. The maximum absolute atomic E-state index is 13.9. The molecule has 11 heteroatoms. The van der Waals surface area contributed by atoms with Crippen LogP contribution in [0.15, 0.2) is 34.1 Å². The molecule has 0 atom stereocenters. The van der Waals surface area contributed by atoms with Crippen molar-refractivity contribution in [3.63, 3.8) is 0 Å². The van der Waals surface area contributed by atoms with Crippen molar-refractivity contribution in [2.24, 2.45) is 5.84 Å². The predicted molar refractivity (Wildman–Crippen MR) is 115 cm³/mol. The van der Waals surface area contributed by atoms with Crippen molar-refractivity contribution >= 4 is 17.1 Å². The summed E-state index contributed by atoms with van der Waals surface area (Å²) < 4.78 is 29.4. The molecule has 0 aliphatic heterocycles. The molecule has 1 aromatic carbocycles. The van der Waals surface area contributed by atoms with Gasteiger partial charge in [0, 0.05) is 24.2 Å². The lowest BCUT2D eigenvalue weighted by atomic mass is 10.2. The van der Waals surface area contributed by atoms with Crippen molar-refractivity contribution in [2.75, 3.05) is 10.7 Å². The van der Waals surface area contributed by atoms with E-state index in [1.807, 2.05) is 0 Å². The van der Waals surface area contributed by atoms with E-state index in [4.69, 9.17) is 18.0 Å². The fourth-order valence-electron chi connectivity index (χ4n) is 3.43. The van der Waals surface area contributed by atoms with Gasteiger partial charge >= 0.3 is 5.69 Å². The highest BCUT2D eigenvalue weighted by Gasteiger charge is 2.27.